The molecule has 0 unspecified atom stereocenters. The Labute approximate surface area is 104 Å². The van der Waals surface area contributed by atoms with Crippen molar-refractivity contribution in [3.63, 3.8) is 0 Å². The molecule has 0 spiro atoms. The van der Waals surface area contributed by atoms with E-state index in [4.69, 9.17) is 4.43 Å². The second-order valence-corrected chi connectivity index (χ2v) is 11.0. The fourth-order valence-electron chi connectivity index (χ4n) is 0.888. The molecule has 14 heavy (non-hydrogen) atoms. The lowest BCUT2D eigenvalue weighted by molar-refractivity contribution is 0.223. The first-order chi connectivity index (χ1) is 6.24. The van der Waals surface area contributed by atoms with Crippen LogP contribution in [0.15, 0.2) is 12.7 Å². The lowest BCUT2D eigenvalue weighted by Gasteiger charge is -2.38. The molecule has 0 aromatic carbocycles. The van der Waals surface area contributed by atoms with Crippen LogP contribution in [-0.2, 0) is 4.43 Å². The molecule has 0 amide bonds. The summed E-state index contributed by atoms with van der Waals surface area (Å²) in [5.41, 5.74) is 0. The molecule has 0 aliphatic rings. The van der Waals surface area contributed by atoms with Gasteiger partial charge in [0.25, 0.3) is 0 Å². The van der Waals surface area contributed by atoms with Crippen LogP contribution >= 0.6 is 22.6 Å². The van der Waals surface area contributed by atoms with Gasteiger partial charge in [0.1, 0.15) is 0 Å². The molecular formula is C11H23IOSi. The maximum atomic E-state index is 6.21. The van der Waals surface area contributed by atoms with Gasteiger partial charge in [-0.05, 0) is 24.6 Å². The van der Waals surface area contributed by atoms with E-state index in [1.54, 1.807) is 0 Å². The quantitative estimate of drug-likeness (QED) is 0.315. The Morgan fingerprint density at radius 2 is 1.93 bits per heavy atom. The predicted molar refractivity (Wildman–Crippen MR) is 75.8 cm³/mol. The smallest absolute Gasteiger partial charge is 0.192 e. The molecule has 0 saturated carbocycles. The number of alkyl halides is 1. The summed E-state index contributed by atoms with van der Waals surface area (Å²) in [4.78, 5) is 0. The highest BCUT2D eigenvalue weighted by atomic mass is 127. The first-order valence-corrected chi connectivity index (χ1v) is 9.54. The summed E-state index contributed by atoms with van der Waals surface area (Å²) >= 11 is 2.39. The topological polar surface area (TPSA) is 9.23 Å². The molecule has 1 nitrogen and oxygen atoms in total. The van der Waals surface area contributed by atoms with Gasteiger partial charge in [0.2, 0.25) is 0 Å². The monoisotopic (exact) mass is 326 g/mol. The Morgan fingerprint density at radius 3 is 2.21 bits per heavy atom. The van der Waals surface area contributed by atoms with Crippen molar-refractivity contribution < 1.29 is 4.43 Å². The predicted octanol–water partition coefficient (Wildman–Crippen LogP) is 4.39. The van der Waals surface area contributed by atoms with Crippen molar-refractivity contribution in [2.24, 2.45) is 0 Å². The maximum absolute atomic E-state index is 6.21. The molecular weight excluding hydrogens is 303 g/mol. The summed E-state index contributed by atoms with van der Waals surface area (Å²) in [5.74, 6) is 0. The molecule has 0 rings (SSSR count). The van der Waals surface area contributed by atoms with Gasteiger partial charge in [-0.2, -0.15) is 0 Å². The third kappa shape index (κ3) is 4.44. The molecule has 0 saturated heterocycles. The molecule has 0 N–H and O–H groups in total. The van der Waals surface area contributed by atoms with Crippen molar-refractivity contribution in [1.82, 2.24) is 0 Å². The van der Waals surface area contributed by atoms with Crippen molar-refractivity contribution >= 4 is 30.9 Å². The number of hydrogen-bond donors (Lipinski definition) is 0. The first-order valence-electron chi connectivity index (χ1n) is 5.11. The summed E-state index contributed by atoms with van der Waals surface area (Å²) < 4.78 is 7.34. The van der Waals surface area contributed by atoms with Crippen LogP contribution < -0.4 is 0 Å². The van der Waals surface area contributed by atoms with Gasteiger partial charge < -0.3 is 4.43 Å². The van der Waals surface area contributed by atoms with Gasteiger partial charge in [-0.3, -0.25) is 0 Å². The zero-order valence-corrected chi connectivity index (χ0v) is 13.2. The van der Waals surface area contributed by atoms with E-state index in [1.165, 1.54) is 0 Å². The van der Waals surface area contributed by atoms with Gasteiger partial charge in [-0.15, -0.1) is 6.58 Å². The standard InChI is InChI=1S/C11H23IOSi/c1-7-10(8-9-12)13-14(5,6)11(2,3)4/h7,10H,1,8-9H2,2-6H3/t10-/m1/s1. The van der Waals surface area contributed by atoms with Gasteiger partial charge in [-0.25, -0.2) is 0 Å². The van der Waals surface area contributed by atoms with E-state index in [1.807, 2.05) is 6.08 Å². The average Bonchev–Trinajstić information content (AvgIpc) is 2.01. The molecule has 0 heterocycles. The van der Waals surface area contributed by atoms with Crippen molar-refractivity contribution in [3.05, 3.63) is 12.7 Å². The summed E-state index contributed by atoms with van der Waals surface area (Å²) in [6.45, 7) is 15.2. The van der Waals surface area contributed by atoms with Crippen molar-refractivity contribution in [2.45, 2.75) is 51.4 Å². The molecule has 84 valence electrons. The van der Waals surface area contributed by atoms with Crippen molar-refractivity contribution in [2.75, 3.05) is 4.43 Å². The van der Waals surface area contributed by atoms with E-state index < -0.39 is 8.32 Å². The molecule has 0 aromatic rings. The Morgan fingerprint density at radius 1 is 1.43 bits per heavy atom. The first kappa shape index (κ1) is 14.6. The highest BCUT2D eigenvalue weighted by molar-refractivity contribution is 14.1. The Balaban J connectivity index is 4.39. The third-order valence-corrected chi connectivity index (χ3v) is 8.04. The van der Waals surface area contributed by atoms with E-state index in [0.717, 1.165) is 10.8 Å². The van der Waals surface area contributed by atoms with Crippen LogP contribution in [0.2, 0.25) is 18.1 Å². The molecule has 0 bridgehead atoms. The summed E-state index contributed by atoms with van der Waals surface area (Å²) in [6.07, 6.45) is 3.27. The lowest BCUT2D eigenvalue weighted by atomic mass is 10.2. The largest absolute Gasteiger partial charge is 0.411 e. The van der Waals surface area contributed by atoms with Gasteiger partial charge >= 0.3 is 0 Å². The summed E-state index contributed by atoms with van der Waals surface area (Å²) in [6, 6.07) is 0. The van der Waals surface area contributed by atoms with Gasteiger partial charge in [0.05, 0.1) is 6.10 Å². The molecule has 0 radical (unpaired) electrons. The third-order valence-electron chi connectivity index (χ3n) is 2.91. The highest BCUT2D eigenvalue weighted by Crippen LogP contribution is 2.37. The minimum Gasteiger partial charge on any atom is -0.411 e. The van der Waals surface area contributed by atoms with Crippen LogP contribution in [0.4, 0.5) is 0 Å². The second kappa shape index (κ2) is 5.65. The Kier molecular flexibility index (Phi) is 5.92. The normalized spacial score (nSPS) is 15.3. The molecule has 0 aromatic heterocycles. The summed E-state index contributed by atoms with van der Waals surface area (Å²) in [7, 11) is -1.60. The van der Waals surface area contributed by atoms with Crippen LogP contribution in [0.3, 0.4) is 0 Å². The number of halogens is 1. The lowest BCUT2D eigenvalue weighted by Crippen LogP contribution is -2.43. The minimum atomic E-state index is -1.60. The molecule has 1 atom stereocenters. The van der Waals surface area contributed by atoms with Gasteiger partial charge in [0, 0.05) is 4.43 Å². The average molecular weight is 326 g/mol. The Hall–Kier alpha value is 0.647. The van der Waals surface area contributed by atoms with E-state index in [0.29, 0.717) is 5.04 Å². The van der Waals surface area contributed by atoms with E-state index >= 15 is 0 Å². The van der Waals surface area contributed by atoms with Crippen LogP contribution in [0.1, 0.15) is 27.2 Å². The maximum Gasteiger partial charge on any atom is 0.192 e. The second-order valence-electron chi connectivity index (χ2n) is 5.13. The fourth-order valence-corrected chi connectivity index (χ4v) is 2.83. The summed E-state index contributed by atoms with van der Waals surface area (Å²) in [5, 5.41) is 0.291. The zero-order valence-electron chi connectivity index (χ0n) is 10.1. The van der Waals surface area contributed by atoms with Crippen molar-refractivity contribution in [1.29, 1.82) is 0 Å². The highest BCUT2D eigenvalue weighted by Gasteiger charge is 2.38. The Bertz CT molecular complexity index is 184. The molecule has 0 fully saturated rings. The van der Waals surface area contributed by atoms with Crippen LogP contribution in [0, 0.1) is 0 Å². The molecule has 3 heteroatoms. The minimum absolute atomic E-state index is 0.243. The van der Waals surface area contributed by atoms with Crippen molar-refractivity contribution in [3.8, 4) is 0 Å². The number of rotatable bonds is 5. The van der Waals surface area contributed by atoms with Crippen LogP contribution in [0.25, 0.3) is 0 Å². The van der Waals surface area contributed by atoms with Crippen LogP contribution in [0.5, 0.6) is 0 Å². The SMILES string of the molecule is C=C[C@H](CCI)O[Si](C)(C)C(C)(C)C. The van der Waals surface area contributed by atoms with E-state index in [-0.39, 0.29) is 6.10 Å². The molecule has 0 aliphatic heterocycles. The van der Waals surface area contributed by atoms with Gasteiger partial charge in [-0.1, -0.05) is 49.4 Å². The van der Waals surface area contributed by atoms with E-state index in [9.17, 15) is 0 Å². The van der Waals surface area contributed by atoms with Gasteiger partial charge in [0.15, 0.2) is 8.32 Å². The van der Waals surface area contributed by atoms with Crippen LogP contribution in [-0.4, -0.2) is 18.8 Å². The fraction of sp³-hybridized carbons (Fsp3) is 0.818. The van der Waals surface area contributed by atoms with E-state index in [2.05, 4.69) is 63.0 Å². The number of hydrogen-bond acceptors (Lipinski definition) is 1. The zero-order chi connectivity index (χ0) is 11.4. The molecule has 0 aliphatic carbocycles.